The molecule has 0 amide bonds. The van der Waals surface area contributed by atoms with Gasteiger partial charge in [0.15, 0.2) is 5.96 Å². The first kappa shape index (κ1) is 20.3. The zero-order valence-electron chi connectivity index (χ0n) is 14.0. The Kier molecular flexibility index (Phi) is 9.00. The van der Waals surface area contributed by atoms with Gasteiger partial charge in [0.25, 0.3) is 0 Å². The van der Waals surface area contributed by atoms with Crippen LogP contribution >= 0.6 is 46.7 Å². The molecule has 0 aliphatic heterocycles. The molecule has 2 rings (SSSR count). The fourth-order valence-electron chi connectivity index (χ4n) is 2.11. The number of aromatic nitrogens is 2. The molecule has 0 aliphatic carbocycles. The van der Waals surface area contributed by atoms with Crippen molar-refractivity contribution in [3.05, 3.63) is 32.2 Å². The molecule has 0 aliphatic rings. The molecule has 2 heterocycles. The minimum absolute atomic E-state index is 0. The number of nitrogens with zero attached hydrogens (tertiary/aromatic N) is 4. The van der Waals surface area contributed by atoms with Crippen LogP contribution in [0.4, 0.5) is 0 Å². The van der Waals surface area contributed by atoms with E-state index in [9.17, 15) is 0 Å². The van der Waals surface area contributed by atoms with Gasteiger partial charge in [0.1, 0.15) is 0 Å². The number of nitrogens with one attached hydrogen (secondary N) is 1. The highest BCUT2D eigenvalue weighted by atomic mass is 127. The average molecular weight is 465 g/mol. The third kappa shape index (κ3) is 6.34. The van der Waals surface area contributed by atoms with Gasteiger partial charge in [0.05, 0.1) is 27.9 Å². The predicted octanol–water partition coefficient (Wildman–Crippen LogP) is 3.34. The summed E-state index contributed by atoms with van der Waals surface area (Å²) in [7, 11) is 3.84. The monoisotopic (exact) mass is 465 g/mol. The van der Waals surface area contributed by atoms with Crippen LogP contribution in [0.25, 0.3) is 0 Å². The van der Waals surface area contributed by atoms with Crippen molar-refractivity contribution in [2.75, 3.05) is 20.6 Å². The van der Waals surface area contributed by atoms with Crippen molar-refractivity contribution in [3.63, 3.8) is 0 Å². The second kappa shape index (κ2) is 10.2. The van der Waals surface area contributed by atoms with E-state index < -0.39 is 0 Å². The molecule has 0 saturated carbocycles. The summed E-state index contributed by atoms with van der Waals surface area (Å²) in [5, 5.41) is 9.93. The van der Waals surface area contributed by atoms with Gasteiger partial charge in [-0.3, -0.25) is 4.99 Å². The molecule has 23 heavy (non-hydrogen) atoms. The first-order chi connectivity index (χ1) is 10.6. The second-order valence-electron chi connectivity index (χ2n) is 5.02. The average Bonchev–Trinajstić information content (AvgIpc) is 3.12. The van der Waals surface area contributed by atoms with Gasteiger partial charge in [-0.1, -0.05) is 6.92 Å². The van der Waals surface area contributed by atoms with E-state index in [1.807, 2.05) is 21.0 Å². The van der Waals surface area contributed by atoms with Crippen LogP contribution in [0.5, 0.6) is 0 Å². The number of hydrogen-bond acceptors (Lipinski definition) is 5. The Hall–Kier alpha value is -0.740. The van der Waals surface area contributed by atoms with Gasteiger partial charge < -0.3 is 10.2 Å². The van der Waals surface area contributed by atoms with Gasteiger partial charge in [-0.2, -0.15) is 0 Å². The highest BCUT2D eigenvalue weighted by molar-refractivity contribution is 14.0. The number of hydrogen-bond donors (Lipinski definition) is 1. The lowest BCUT2D eigenvalue weighted by Crippen LogP contribution is -2.39. The van der Waals surface area contributed by atoms with Gasteiger partial charge in [-0.15, -0.1) is 46.7 Å². The Morgan fingerprint density at radius 1 is 1.26 bits per heavy atom. The predicted molar refractivity (Wildman–Crippen MR) is 110 cm³/mol. The number of aryl methyl sites for hydroxylation is 2. The Morgan fingerprint density at radius 3 is 2.57 bits per heavy atom. The van der Waals surface area contributed by atoms with Gasteiger partial charge in [0, 0.05) is 37.8 Å². The third-order valence-corrected chi connectivity index (χ3v) is 5.07. The fourth-order valence-corrected chi connectivity index (χ4v) is 3.50. The van der Waals surface area contributed by atoms with E-state index in [0.29, 0.717) is 0 Å². The van der Waals surface area contributed by atoms with Crippen molar-refractivity contribution in [2.24, 2.45) is 4.99 Å². The van der Waals surface area contributed by atoms with E-state index >= 15 is 0 Å². The molecule has 2 aromatic rings. The molecule has 0 radical (unpaired) electrons. The van der Waals surface area contributed by atoms with Crippen molar-refractivity contribution in [1.29, 1.82) is 0 Å². The quantitative estimate of drug-likeness (QED) is 0.404. The molecule has 0 fully saturated rings. The first-order valence-corrected chi connectivity index (χ1v) is 9.14. The smallest absolute Gasteiger partial charge is 0.193 e. The molecule has 0 saturated heterocycles. The van der Waals surface area contributed by atoms with Crippen LogP contribution in [-0.2, 0) is 19.4 Å². The third-order valence-electron chi connectivity index (χ3n) is 3.21. The summed E-state index contributed by atoms with van der Waals surface area (Å²) in [6, 6.07) is 0. The van der Waals surface area contributed by atoms with E-state index in [-0.39, 0.29) is 24.0 Å². The van der Waals surface area contributed by atoms with E-state index in [2.05, 4.69) is 42.9 Å². The lowest BCUT2D eigenvalue weighted by molar-refractivity contribution is 0.471. The fraction of sp³-hybridized carbons (Fsp3) is 0.533. The number of aliphatic imine (C=N–C) groups is 1. The van der Waals surface area contributed by atoms with Crippen LogP contribution in [0.1, 0.15) is 28.3 Å². The second-order valence-corrected chi connectivity index (χ2v) is 7.03. The lowest BCUT2D eigenvalue weighted by atomic mass is 10.3. The summed E-state index contributed by atoms with van der Waals surface area (Å²) >= 11 is 3.42. The van der Waals surface area contributed by atoms with Crippen LogP contribution < -0.4 is 5.32 Å². The van der Waals surface area contributed by atoms with Crippen molar-refractivity contribution < 1.29 is 0 Å². The molecule has 0 atom stereocenters. The summed E-state index contributed by atoms with van der Waals surface area (Å²) in [6.07, 6.45) is 1.93. The Bertz CT molecular complexity index is 623. The molecule has 0 unspecified atom stereocenters. The number of thiazole rings is 2. The Labute approximate surface area is 163 Å². The first-order valence-electron chi connectivity index (χ1n) is 7.38. The normalized spacial score (nSPS) is 11.2. The molecule has 8 heteroatoms. The molecule has 1 N–H and O–H groups in total. The van der Waals surface area contributed by atoms with Crippen LogP contribution in [0.15, 0.2) is 15.8 Å². The summed E-state index contributed by atoms with van der Waals surface area (Å²) in [6.45, 7) is 5.76. The minimum atomic E-state index is 0. The molecular weight excluding hydrogens is 441 g/mol. The summed E-state index contributed by atoms with van der Waals surface area (Å²) in [4.78, 5) is 15.5. The van der Waals surface area contributed by atoms with E-state index in [0.717, 1.165) is 48.3 Å². The molecular formula is C15H24IN5S2. The molecule has 0 spiro atoms. The number of rotatable bonds is 6. The molecule has 2 aromatic heterocycles. The number of guanidine groups is 1. The Balaban J connectivity index is 0.00000264. The maximum Gasteiger partial charge on any atom is 0.193 e. The standard InChI is InChI=1S/C15H23N5S2.HI/c1-5-14-19-12(9-22-14)6-7-17-15(16-3)20(4)8-13-10-21-11(2)18-13;/h9-10H,5-8H2,1-4H3,(H,16,17);1H. The maximum absolute atomic E-state index is 4.58. The molecule has 0 bridgehead atoms. The highest BCUT2D eigenvalue weighted by Gasteiger charge is 2.08. The van der Waals surface area contributed by atoms with Gasteiger partial charge >= 0.3 is 0 Å². The number of halogens is 1. The van der Waals surface area contributed by atoms with Gasteiger partial charge in [0.2, 0.25) is 0 Å². The van der Waals surface area contributed by atoms with Crippen LogP contribution in [0.3, 0.4) is 0 Å². The molecule has 5 nitrogen and oxygen atoms in total. The van der Waals surface area contributed by atoms with Crippen LogP contribution in [0.2, 0.25) is 0 Å². The maximum atomic E-state index is 4.58. The molecule has 128 valence electrons. The van der Waals surface area contributed by atoms with Crippen molar-refractivity contribution >= 4 is 52.6 Å². The SMILES string of the molecule is CCc1nc(CCNC(=NC)N(C)Cc2csc(C)n2)cs1.I. The van der Waals surface area contributed by atoms with E-state index in [4.69, 9.17) is 0 Å². The largest absolute Gasteiger partial charge is 0.356 e. The van der Waals surface area contributed by atoms with Crippen molar-refractivity contribution in [2.45, 2.75) is 33.2 Å². The van der Waals surface area contributed by atoms with Crippen molar-refractivity contribution in [1.82, 2.24) is 20.2 Å². The van der Waals surface area contributed by atoms with Crippen molar-refractivity contribution in [3.8, 4) is 0 Å². The van der Waals surface area contributed by atoms with Gasteiger partial charge in [-0.25, -0.2) is 9.97 Å². The highest BCUT2D eigenvalue weighted by Crippen LogP contribution is 2.11. The Morgan fingerprint density at radius 2 is 2.00 bits per heavy atom. The zero-order valence-corrected chi connectivity index (χ0v) is 18.0. The van der Waals surface area contributed by atoms with E-state index in [1.54, 1.807) is 22.7 Å². The summed E-state index contributed by atoms with van der Waals surface area (Å²) in [5.41, 5.74) is 2.24. The summed E-state index contributed by atoms with van der Waals surface area (Å²) in [5.74, 6) is 0.886. The van der Waals surface area contributed by atoms with Crippen LogP contribution in [0, 0.1) is 6.92 Å². The topological polar surface area (TPSA) is 53.4 Å². The zero-order chi connectivity index (χ0) is 15.9. The van der Waals surface area contributed by atoms with Gasteiger partial charge in [-0.05, 0) is 13.3 Å². The minimum Gasteiger partial charge on any atom is -0.356 e. The van der Waals surface area contributed by atoms with E-state index in [1.165, 1.54) is 5.01 Å². The summed E-state index contributed by atoms with van der Waals surface area (Å²) < 4.78 is 0. The van der Waals surface area contributed by atoms with Crippen LogP contribution in [-0.4, -0.2) is 41.5 Å². The molecule has 0 aromatic carbocycles. The lowest BCUT2D eigenvalue weighted by Gasteiger charge is -2.21.